The second kappa shape index (κ2) is 6.69. The number of hydrogen-bond acceptors (Lipinski definition) is 3. The van der Waals surface area contributed by atoms with E-state index in [0.717, 1.165) is 4.47 Å². The molecule has 0 amide bonds. The van der Waals surface area contributed by atoms with Crippen LogP contribution in [0.25, 0.3) is 0 Å². The number of hydrazine groups is 1. The highest BCUT2D eigenvalue weighted by atomic mass is 79.9. The van der Waals surface area contributed by atoms with Crippen LogP contribution in [0, 0.1) is 0 Å². The Morgan fingerprint density at radius 2 is 2.12 bits per heavy atom. The van der Waals surface area contributed by atoms with E-state index >= 15 is 0 Å². The van der Waals surface area contributed by atoms with E-state index in [-0.39, 0.29) is 6.04 Å². The Morgan fingerprint density at radius 3 is 2.82 bits per heavy atom. The number of rotatable bonds is 3. The van der Waals surface area contributed by atoms with E-state index in [0.29, 0.717) is 0 Å². The summed E-state index contributed by atoms with van der Waals surface area (Å²) in [4.78, 5) is 1.30. The lowest BCUT2D eigenvalue weighted by atomic mass is 9.94. The second-order valence-electron chi connectivity index (χ2n) is 4.50. The molecular formula is C13H19BrN2S. The Balaban J connectivity index is 2.16. The van der Waals surface area contributed by atoms with E-state index in [2.05, 4.69) is 38.9 Å². The third-order valence-electron chi connectivity index (χ3n) is 3.24. The number of allylic oxidation sites excluding steroid dienone is 1. The van der Waals surface area contributed by atoms with Gasteiger partial charge in [-0.15, -0.1) is 11.3 Å². The van der Waals surface area contributed by atoms with E-state index in [4.69, 9.17) is 5.84 Å². The maximum Gasteiger partial charge on any atom is 0.0763 e. The first kappa shape index (κ1) is 13.3. The van der Waals surface area contributed by atoms with Gasteiger partial charge in [0.05, 0.1) is 6.04 Å². The van der Waals surface area contributed by atoms with Crippen molar-refractivity contribution in [2.24, 2.45) is 5.84 Å². The average Bonchev–Trinajstić information content (AvgIpc) is 2.68. The summed E-state index contributed by atoms with van der Waals surface area (Å²) in [7, 11) is 0. The Bertz CT molecular complexity index is 387. The molecule has 1 heterocycles. The van der Waals surface area contributed by atoms with Crippen molar-refractivity contribution < 1.29 is 0 Å². The summed E-state index contributed by atoms with van der Waals surface area (Å²) < 4.78 is 1.14. The van der Waals surface area contributed by atoms with E-state index in [9.17, 15) is 0 Å². The molecule has 1 atom stereocenters. The third-order valence-corrected chi connectivity index (χ3v) is 4.99. The molecule has 17 heavy (non-hydrogen) atoms. The highest BCUT2D eigenvalue weighted by Crippen LogP contribution is 2.33. The molecule has 4 heteroatoms. The molecule has 0 aromatic carbocycles. The minimum Gasteiger partial charge on any atom is -0.271 e. The molecule has 1 unspecified atom stereocenters. The van der Waals surface area contributed by atoms with Crippen LogP contribution in [-0.4, -0.2) is 0 Å². The summed E-state index contributed by atoms with van der Waals surface area (Å²) >= 11 is 5.26. The summed E-state index contributed by atoms with van der Waals surface area (Å²) in [6.07, 6.45) is 10.1. The van der Waals surface area contributed by atoms with Crippen molar-refractivity contribution in [2.75, 3.05) is 0 Å². The fourth-order valence-electron chi connectivity index (χ4n) is 2.33. The van der Waals surface area contributed by atoms with Gasteiger partial charge in [0.1, 0.15) is 0 Å². The van der Waals surface area contributed by atoms with Crippen LogP contribution in [0.2, 0.25) is 0 Å². The van der Waals surface area contributed by atoms with Crippen molar-refractivity contribution in [2.45, 2.75) is 44.6 Å². The Morgan fingerprint density at radius 1 is 1.29 bits per heavy atom. The van der Waals surface area contributed by atoms with Crippen molar-refractivity contribution in [1.82, 2.24) is 5.43 Å². The standard InChI is InChI=1S/C13H19BrN2S/c14-11-8-12(17-9-11)13(16-15)10-6-4-2-1-3-5-7-10/h6,8-9,13,16H,1-5,7,15H2. The van der Waals surface area contributed by atoms with Gasteiger partial charge in [-0.2, -0.15) is 0 Å². The summed E-state index contributed by atoms with van der Waals surface area (Å²) in [5, 5.41) is 2.11. The van der Waals surface area contributed by atoms with Crippen LogP contribution in [0.1, 0.15) is 49.4 Å². The number of nitrogens with one attached hydrogen (secondary N) is 1. The SMILES string of the molecule is NNC(C1=CCCCCCC1)c1cc(Br)cs1. The first-order valence-electron chi connectivity index (χ1n) is 6.20. The molecule has 2 rings (SSSR count). The first-order chi connectivity index (χ1) is 8.31. The van der Waals surface area contributed by atoms with Gasteiger partial charge in [-0.1, -0.05) is 24.5 Å². The predicted molar refractivity (Wildman–Crippen MR) is 77.9 cm³/mol. The quantitative estimate of drug-likeness (QED) is 0.496. The molecular weight excluding hydrogens is 296 g/mol. The normalized spacial score (nSPS) is 19.3. The summed E-state index contributed by atoms with van der Waals surface area (Å²) in [6, 6.07) is 2.36. The second-order valence-corrected chi connectivity index (χ2v) is 6.36. The Kier molecular flexibility index (Phi) is 5.22. The van der Waals surface area contributed by atoms with Crippen molar-refractivity contribution in [3.05, 3.63) is 32.4 Å². The van der Waals surface area contributed by atoms with Gasteiger partial charge >= 0.3 is 0 Å². The molecule has 0 saturated carbocycles. The van der Waals surface area contributed by atoms with Crippen LogP contribution >= 0.6 is 27.3 Å². The lowest BCUT2D eigenvalue weighted by Gasteiger charge is -2.20. The number of nitrogens with two attached hydrogens (primary N) is 1. The van der Waals surface area contributed by atoms with Crippen LogP contribution in [0.4, 0.5) is 0 Å². The third kappa shape index (κ3) is 3.65. The van der Waals surface area contributed by atoms with Gasteiger partial charge in [0.15, 0.2) is 0 Å². The zero-order valence-corrected chi connectivity index (χ0v) is 12.3. The van der Waals surface area contributed by atoms with Crippen LogP contribution in [0.15, 0.2) is 27.6 Å². The largest absolute Gasteiger partial charge is 0.271 e. The summed E-state index contributed by atoms with van der Waals surface area (Å²) in [5.41, 5.74) is 4.43. The molecule has 1 aliphatic carbocycles. The lowest BCUT2D eigenvalue weighted by molar-refractivity contribution is 0.560. The molecule has 1 aromatic rings. The van der Waals surface area contributed by atoms with E-state index in [1.165, 1.54) is 49.0 Å². The van der Waals surface area contributed by atoms with Crippen LogP contribution in [0.5, 0.6) is 0 Å². The molecule has 0 aliphatic heterocycles. The molecule has 0 radical (unpaired) electrons. The lowest BCUT2D eigenvalue weighted by Crippen LogP contribution is -2.29. The van der Waals surface area contributed by atoms with Crippen LogP contribution < -0.4 is 11.3 Å². The molecule has 0 spiro atoms. The first-order valence-corrected chi connectivity index (χ1v) is 7.87. The van der Waals surface area contributed by atoms with Crippen LogP contribution in [-0.2, 0) is 0 Å². The van der Waals surface area contributed by atoms with Gasteiger partial charge in [0.25, 0.3) is 0 Å². The molecule has 1 aliphatic rings. The van der Waals surface area contributed by atoms with Gasteiger partial charge in [0.2, 0.25) is 0 Å². The Labute approximate surface area is 115 Å². The van der Waals surface area contributed by atoms with Crippen molar-refractivity contribution >= 4 is 27.3 Å². The topological polar surface area (TPSA) is 38.0 Å². The monoisotopic (exact) mass is 314 g/mol. The molecule has 3 N–H and O–H groups in total. The fraction of sp³-hybridized carbons (Fsp3) is 0.538. The molecule has 0 bridgehead atoms. The highest BCUT2D eigenvalue weighted by Gasteiger charge is 2.17. The molecule has 2 nitrogen and oxygen atoms in total. The van der Waals surface area contributed by atoms with Crippen LogP contribution in [0.3, 0.4) is 0 Å². The van der Waals surface area contributed by atoms with Gasteiger partial charge in [-0.25, -0.2) is 5.43 Å². The summed E-state index contributed by atoms with van der Waals surface area (Å²) in [6.45, 7) is 0. The maximum absolute atomic E-state index is 5.74. The van der Waals surface area contributed by atoms with E-state index in [1.54, 1.807) is 11.3 Å². The molecule has 0 saturated heterocycles. The van der Waals surface area contributed by atoms with Gasteiger partial charge in [0, 0.05) is 14.7 Å². The number of thiophene rings is 1. The van der Waals surface area contributed by atoms with Gasteiger partial charge in [-0.3, -0.25) is 5.84 Å². The van der Waals surface area contributed by atoms with Crippen molar-refractivity contribution in [3.8, 4) is 0 Å². The Hall–Kier alpha value is -0.160. The zero-order chi connectivity index (χ0) is 12.1. The average molecular weight is 315 g/mol. The summed E-state index contributed by atoms with van der Waals surface area (Å²) in [5.74, 6) is 5.74. The fourth-order valence-corrected chi connectivity index (χ4v) is 3.88. The molecule has 0 fully saturated rings. The predicted octanol–water partition coefficient (Wildman–Crippen LogP) is 4.30. The van der Waals surface area contributed by atoms with Crippen molar-refractivity contribution in [3.63, 3.8) is 0 Å². The van der Waals surface area contributed by atoms with E-state index < -0.39 is 0 Å². The zero-order valence-electron chi connectivity index (χ0n) is 9.92. The highest BCUT2D eigenvalue weighted by molar-refractivity contribution is 9.10. The smallest absolute Gasteiger partial charge is 0.0763 e. The number of halogens is 1. The van der Waals surface area contributed by atoms with Gasteiger partial charge in [-0.05, 0) is 47.7 Å². The number of hydrogen-bond donors (Lipinski definition) is 2. The maximum atomic E-state index is 5.74. The van der Waals surface area contributed by atoms with Crippen molar-refractivity contribution in [1.29, 1.82) is 0 Å². The van der Waals surface area contributed by atoms with E-state index in [1.807, 2.05) is 0 Å². The molecule has 1 aromatic heterocycles. The molecule has 94 valence electrons. The minimum atomic E-state index is 0.199. The van der Waals surface area contributed by atoms with Gasteiger partial charge < -0.3 is 0 Å². The minimum absolute atomic E-state index is 0.199.